The van der Waals surface area contributed by atoms with Gasteiger partial charge in [0.05, 0.1) is 6.61 Å². The molecule has 0 aliphatic carbocycles. The van der Waals surface area contributed by atoms with Crippen molar-refractivity contribution in [3.8, 4) is 11.5 Å². The van der Waals surface area contributed by atoms with Gasteiger partial charge in [0, 0.05) is 25.3 Å². The van der Waals surface area contributed by atoms with Crippen molar-refractivity contribution in [3.05, 3.63) is 23.3 Å². The number of carbonyl (C=O) groups is 4. The number of fused-ring (bicyclic) bond motifs is 1. The van der Waals surface area contributed by atoms with Crippen molar-refractivity contribution in [3.63, 3.8) is 0 Å². The second-order valence-electron chi connectivity index (χ2n) is 5.75. The highest BCUT2D eigenvalue weighted by molar-refractivity contribution is 6.63. The van der Waals surface area contributed by atoms with Crippen LogP contribution < -0.4 is 0 Å². The number of phenols is 2. The van der Waals surface area contributed by atoms with Crippen molar-refractivity contribution in [2.75, 3.05) is 6.61 Å². The monoisotopic (exact) mass is 352 g/mol. The first-order chi connectivity index (χ1) is 11.8. The van der Waals surface area contributed by atoms with Gasteiger partial charge >= 0.3 is 5.97 Å². The van der Waals surface area contributed by atoms with Crippen molar-refractivity contribution in [1.29, 1.82) is 0 Å². The van der Waals surface area contributed by atoms with E-state index in [4.69, 9.17) is 4.74 Å². The molecule has 7 nitrogen and oxygen atoms in total. The Kier molecular flexibility index (Phi) is 5.84. The van der Waals surface area contributed by atoms with Crippen LogP contribution in [-0.4, -0.2) is 46.3 Å². The Morgan fingerprint density at radius 1 is 1.04 bits per heavy atom. The van der Waals surface area contributed by atoms with E-state index in [1.165, 1.54) is 6.07 Å². The summed E-state index contributed by atoms with van der Waals surface area (Å²) < 4.78 is 18.6. The molecular weight excluding hydrogens is 335 g/mol. The van der Waals surface area contributed by atoms with Crippen molar-refractivity contribution in [2.45, 2.75) is 38.3 Å². The normalized spacial score (nSPS) is 20.6. The summed E-state index contributed by atoms with van der Waals surface area (Å²) in [5, 5.41) is 19.5. The minimum absolute atomic E-state index is 0.0886. The molecule has 0 bridgehead atoms. The summed E-state index contributed by atoms with van der Waals surface area (Å²) in [7, 11) is 0. The number of cyclic esters (lactones) is 1. The third-order valence-electron chi connectivity index (χ3n) is 3.82. The quantitative estimate of drug-likeness (QED) is 0.535. The minimum Gasteiger partial charge on any atom is -0.508 e. The molecular formula is C17H17FO7. The maximum atomic E-state index is 13.7. The molecule has 1 aromatic rings. The first-order valence-electron chi connectivity index (χ1n) is 7.76. The van der Waals surface area contributed by atoms with E-state index in [-0.39, 0.29) is 49.2 Å². The summed E-state index contributed by atoms with van der Waals surface area (Å²) in [4.78, 5) is 47.1. The zero-order valence-electron chi connectivity index (χ0n) is 13.3. The molecule has 0 amide bonds. The van der Waals surface area contributed by atoms with Crippen LogP contribution in [0.4, 0.5) is 4.39 Å². The number of phenolic OH excluding ortho intramolecular Hbond substituents is 2. The van der Waals surface area contributed by atoms with E-state index in [2.05, 4.69) is 0 Å². The number of Topliss-reactive ketones (excluding diaryl/α,β-unsaturated/α-hetero) is 3. The zero-order valence-corrected chi connectivity index (χ0v) is 13.3. The van der Waals surface area contributed by atoms with Gasteiger partial charge in [-0.25, -0.2) is 9.18 Å². The summed E-state index contributed by atoms with van der Waals surface area (Å²) in [6.45, 7) is -0.366. The van der Waals surface area contributed by atoms with Crippen LogP contribution >= 0.6 is 0 Å². The topological polar surface area (TPSA) is 118 Å². The molecule has 0 radical (unpaired) electrons. The van der Waals surface area contributed by atoms with Crippen LogP contribution in [0.2, 0.25) is 0 Å². The van der Waals surface area contributed by atoms with Gasteiger partial charge in [-0.15, -0.1) is 0 Å². The van der Waals surface area contributed by atoms with Crippen LogP contribution in [0, 0.1) is 0 Å². The Hall–Kier alpha value is -2.77. The summed E-state index contributed by atoms with van der Waals surface area (Å²) in [5.41, 5.74) is 0.0445. The molecule has 8 heteroatoms. The van der Waals surface area contributed by atoms with Gasteiger partial charge in [-0.2, -0.15) is 0 Å². The highest BCUT2D eigenvalue weighted by Crippen LogP contribution is 2.29. The molecule has 1 atom stereocenters. The number of hydrogen-bond acceptors (Lipinski definition) is 7. The number of benzene rings is 1. The van der Waals surface area contributed by atoms with E-state index < -0.39 is 41.7 Å². The molecule has 0 aromatic heterocycles. The first kappa shape index (κ1) is 18.6. The van der Waals surface area contributed by atoms with Crippen LogP contribution in [0.1, 0.15) is 41.6 Å². The average Bonchev–Trinajstić information content (AvgIpc) is 2.52. The van der Waals surface area contributed by atoms with Crippen LogP contribution in [-0.2, 0) is 25.5 Å². The Morgan fingerprint density at radius 3 is 2.48 bits per heavy atom. The lowest BCUT2D eigenvalue weighted by Crippen LogP contribution is -2.27. The number of carbonyl (C=O) groups excluding carboxylic acids is 4. The van der Waals surface area contributed by atoms with Crippen molar-refractivity contribution in [1.82, 2.24) is 0 Å². The lowest BCUT2D eigenvalue weighted by Gasteiger charge is -2.13. The van der Waals surface area contributed by atoms with Gasteiger partial charge in [-0.1, -0.05) is 0 Å². The lowest BCUT2D eigenvalue weighted by molar-refractivity contribution is -0.144. The van der Waals surface area contributed by atoms with Gasteiger partial charge in [0.15, 0.2) is 0 Å². The van der Waals surface area contributed by atoms with E-state index in [1.807, 2.05) is 0 Å². The number of esters is 1. The van der Waals surface area contributed by atoms with Crippen molar-refractivity contribution < 1.29 is 38.5 Å². The Balaban J connectivity index is 2.30. The van der Waals surface area contributed by atoms with Crippen molar-refractivity contribution >= 4 is 23.3 Å². The number of ketones is 3. The molecule has 1 aliphatic heterocycles. The summed E-state index contributed by atoms with van der Waals surface area (Å²) in [5.74, 6) is -4.95. The molecule has 1 unspecified atom stereocenters. The molecule has 1 aliphatic rings. The SMILES string of the molecule is O=C1CCCc2cc(O)cc(O)c2C(=O)OCCC(F)CC(=O)C1=O. The molecule has 1 heterocycles. The van der Waals surface area contributed by atoms with Crippen LogP contribution in [0.25, 0.3) is 0 Å². The molecule has 1 aromatic carbocycles. The minimum atomic E-state index is -1.73. The van der Waals surface area contributed by atoms with Gasteiger partial charge in [-0.3, -0.25) is 14.4 Å². The number of aromatic hydroxyl groups is 2. The fraction of sp³-hybridized carbons (Fsp3) is 0.412. The largest absolute Gasteiger partial charge is 0.508 e. The number of aryl methyl sites for hydroxylation is 1. The van der Waals surface area contributed by atoms with E-state index in [0.29, 0.717) is 0 Å². The van der Waals surface area contributed by atoms with Gasteiger partial charge in [0.1, 0.15) is 23.2 Å². The maximum absolute atomic E-state index is 13.7. The fourth-order valence-electron chi connectivity index (χ4n) is 2.56. The van der Waals surface area contributed by atoms with Crippen LogP contribution in [0.3, 0.4) is 0 Å². The maximum Gasteiger partial charge on any atom is 0.342 e. The van der Waals surface area contributed by atoms with Crippen molar-refractivity contribution in [2.24, 2.45) is 0 Å². The molecule has 0 spiro atoms. The van der Waals surface area contributed by atoms with Crippen LogP contribution in [0.5, 0.6) is 11.5 Å². The third-order valence-corrected chi connectivity index (χ3v) is 3.82. The number of rotatable bonds is 0. The van der Waals surface area contributed by atoms with Gasteiger partial charge < -0.3 is 14.9 Å². The predicted octanol–water partition coefficient (Wildman–Crippen LogP) is 1.42. The van der Waals surface area contributed by atoms with Gasteiger partial charge in [0.25, 0.3) is 5.78 Å². The third kappa shape index (κ3) is 4.62. The van der Waals surface area contributed by atoms with Crippen LogP contribution in [0.15, 0.2) is 12.1 Å². The Morgan fingerprint density at radius 2 is 1.76 bits per heavy atom. The predicted molar refractivity (Wildman–Crippen MR) is 82.1 cm³/mol. The number of halogens is 1. The van der Waals surface area contributed by atoms with E-state index in [9.17, 15) is 33.8 Å². The lowest BCUT2D eigenvalue weighted by atomic mass is 9.97. The molecule has 2 N–H and O–H groups in total. The molecule has 134 valence electrons. The molecule has 0 fully saturated rings. The first-order valence-corrected chi connectivity index (χ1v) is 7.76. The Bertz CT molecular complexity index is 726. The zero-order chi connectivity index (χ0) is 18.6. The highest BCUT2D eigenvalue weighted by Gasteiger charge is 2.27. The van der Waals surface area contributed by atoms with Gasteiger partial charge in [0.2, 0.25) is 11.6 Å². The second kappa shape index (κ2) is 7.87. The van der Waals surface area contributed by atoms with E-state index >= 15 is 0 Å². The second-order valence-corrected chi connectivity index (χ2v) is 5.75. The number of hydrogen-bond donors (Lipinski definition) is 2. The smallest absolute Gasteiger partial charge is 0.342 e. The van der Waals surface area contributed by atoms with Gasteiger partial charge in [-0.05, 0) is 24.5 Å². The summed E-state index contributed by atoms with van der Waals surface area (Å²) in [6.07, 6.45) is -2.88. The highest BCUT2D eigenvalue weighted by atomic mass is 19.1. The Labute approximate surface area is 142 Å². The number of alkyl halides is 1. The van der Waals surface area contributed by atoms with E-state index in [0.717, 1.165) is 6.07 Å². The summed E-state index contributed by atoms with van der Waals surface area (Å²) >= 11 is 0. The summed E-state index contributed by atoms with van der Waals surface area (Å²) in [6, 6.07) is 2.20. The number of ether oxygens (including phenoxy) is 1. The molecule has 25 heavy (non-hydrogen) atoms. The fourth-order valence-corrected chi connectivity index (χ4v) is 2.56. The molecule has 2 rings (SSSR count). The van der Waals surface area contributed by atoms with E-state index in [1.54, 1.807) is 0 Å². The molecule has 0 saturated carbocycles. The standard InChI is InChI=1S/C17H17FO7/c18-10-4-5-25-17(24)15-9(6-11(19)8-13(15)21)2-1-3-12(20)16(23)14(22)7-10/h6,8,10,19,21H,1-5,7H2. The molecule has 0 saturated heterocycles. The average molecular weight is 352 g/mol.